The van der Waals surface area contributed by atoms with Crippen molar-refractivity contribution in [3.63, 3.8) is 0 Å². The molecule has 100 valence electrons. The summed E-state index contributed by atoms with van der Waals surface area (Å²) in [5.74, 6) is 1.02. The molecule has 0 saturated heterocycles. The van der Waals surface area contributed by atoms with E-state index in [-0.39, 0.29) is 0 Å². The molecule has 2 nitrogen and oxygen atoms in total. The number of ether oxygens (including phenoxy) is 1. The number of rotatable bonds is 8. The van der Waals surface area contributed by atoms with Crippen molar-refractivity contribution in [1.29, 1.82) is 0 Å². The molecular formula is C16H25NO. The van der Waals surface area contributed by atoms with E-state index in [0.717, 1.165) is 12.3 Å². The van der Waals surface area contributed by atoms with Crippen molar-refractivity contribution in [2.24, 2.45) is 0 Å². The molecule has 1 aromatic rings. The zero-order chi connectivity index (χ0) is 12.8. The molecule has 0 aromatic heterocycles. The Morgan fingerprint density at radius 1 is 1.22 bits per heavy atom. The third-order valence-electron chi connectivity index (χ3n) is 3.41. The SMILES string of the molecule is CCCCC(NCC)c1ccc(OC2CC2)cc1. The van der Waals surface area contributed by atoms with Crippen molar-refractivity contribution < 1.29 is 4.74 Å². The van der Waals surface area contributed by atoms with Crippen molar-refractivity contribution in [1.82, 2.24) is 5.32 Å². The molecule has 1 fully saturated rings. The molecule has 0 aliphatic heterocycles. The van der Waals surface area contributed by atoms with Gasteiger partial charge in [0.25, 0.3) is 0 Å². The lowest BCUT2D eigenvalue weighted by atomic mass is 10.0. The number of hydrogen-bond donors (Lipinski definition) is 1. The third-order valence-corrected chi connectivity index (χ3v) is 3.41. The maximum atomic E-state index is 5.78. The van der Waals surface area contributed by atoms with E-state index in [9.17, 15) is 0 Å². The van der Waals surface area contributed by atoms with E-state index in [0.29, 0.717) is 12.1 Å². The average molecular weight is 247 g/mol. The second kappa shape index (κ2) is 6.79. The van der Waals surface area contributed by atoms with Gasteiger partial charge in [-0.3, -0.25) is 0 Å². The fourth-order valence-electron chi connectivity index (χ4n) is 2.20. The van der Waals surface area contributed by atoms with Gasteiger partial charge < -0.3 is 10.1 Å². The summed E-state index contributed by atoms with van der Waals surface area (Å²) in [5.41, 5.74) is 1.38. The highest BCUT2D eigenvalue weighted by Crippen LogP contribution is 2.28. The maximum absolute atomic E-state index is 5.78. The Labute approximate surface area is 111 Å². The molecular weight excluding hydrogens is 222 g/mol. The second-order valence-corrected chi connectivity index (χ2v) is 5.14. The minimum atomic E-state index is 0.487. The molecule has 1 N–H and O–H groups in total. The second-order valence-electron chi connectivity index (χ2n) is 5.14. The fraction of sp³-hybridized carbons (Fsp3) is 0.625. The van der Waals surface area contributed by atoms with Gasteiger partial charge in [-0.2, -0.15) is 0 Å². The van der Waals surface area contributed by atoms with Crippen molar-refractivity contribution in [3.05, 3.63) is 29.8 Å². The Kier molecular flexibility index (Phi) is 5.06. The van der Waals surface area contributed by atoms with E-state index in [1.807, 2.05) is 0 Å². The maximum Gasteiger partial charge on any atom is 0.119 e. The van der Waals surface area contributed by atoms with Gasteiger partial charge in [-0.25, -0.2) is 0 Å². The quantitative estimate of drug-likeness (QED) is 0.747. The number of nitrogens with one attached hydrogen (secondary N) is 1. The van der Waals surface area contributed by atoms with Gasteiger partial charge in [-0.15, -0.1) is 0 Å². The zero-order valence-electron chi connectivity index (χ0n) is 11.6. The summed E-state index contributed by atoms with van der Waals surface area (Å²) in [5, 5.41) is 3.57. The molecule has 1 unspecified atom stereocenters. The number of benzene rings is 1. The molecule has 1 aliphatic carbocycles. The van der Waals surface area contributed by atoms with Crippen LogP contribution in [0.3, 0.4) is 0 Å². The highest BCUT2D eigenvalue weighted by atomic mass is 16.5. The van der Waals surface area contributed by atoms with Crippen LogP contribution in [-0.2, 0) is 0 Å². The van der Waals surface area contributed by atoms with E-state index < -0.39 is 0 Å². The predicted molar refractivity (Wildman–Crippen MR) is 76.0 cm³/mol. The largest absolute Gasteiger partial charge is 0.490 e. The lowest BCUT2D eigenvalue weighted by molar-refractivity contribution is 0.303. The first-order valence-electron chi connectivity index (χ1n) is 7.33. The van der Waals surface area contributed by atoms with Crippen LogP contribution in [0.2, 0.25) is 0 Å². The summed E-state index contributed by atoms with van der Waals surface area (Å²) in [6, 6.07) is 9.14. The van der Waals surface area contributed by atoms with Crippen LogP contribution in [0, 0.1) is 0 Å². The Balaban J connectivity index is 1.95. The molecule has 0 amide bonds. The average Bonchev–Trinajstić information content (AvgIpc) is 3.19. The molecule has 1 aliphatic rings. The van der Waals surface area contributed by atoms with Gasteiger partial charge in [0.2, 0.25) is 0 Å². The molecule has 1 saturated carbocycles. The van der Waals surface area contributed by atoms with Gasteiger partial charge in [0.1, 0.15) is 5.75 Å². The number of hydrogen-bond acceptors (Lipinski definition) is 2. The minimum Gasteiger partial charge on any atom is -0.490 e. The lowest BCUT2D eigenvalue weighted by Crippen LogP contribution is -2.20. The van der Waals surface area contributed by atoms with Gasteiger partial charge in [0.05, 0.1) is 6.10 Å². The molecule has 2 rings (SSSR count). The molecule has 18 heavy (non-hydrogen) atoms. The van der Waals surface area contributed by atoms with Crippen molar-refractivity contribution in [2.45, 2.75) is 58.1 Å². The Hall–Kier alpha value is -1.02. The topological polar surface area (TPSA) is 21.3 Å². The molecule has 0 radical (unpaired) electrons. The van der Waals surface area contributed by atoms with E-state index >= 15 is 0 Å². The van der Waals surface area contributed by atoms with Gasteiger partial charge in [0.15, 0.2) is 0 Å². The smallest absolute Gasteiger partial charge is 0.119 e. The lowest BCUT2D eigenvalue weighted by Gasteiger charge is -2.18. The highest BCUT2D eigenvalue weighted by molar-refractivity contribution is 5.29. The van der Waals surface area contributed by atoms with Gasteiger partial charge >= 0.3 is 0 Å². The molecule has 2 heteroatoms. The standard InChI is InChI=1S/C16H25NO/c1-3-5-6-16(17-4-2)13-7-9-14(10-8-13)18-15-11-12-15/h7-10,15-17H,3-6,11-12H2,1-2H3. The summed E-state index contributed by atoms with van der Waals surface area (Å²) < 4.78 is 5.78. The van der Waals surface area contributed by atoms with Crippen LogP contribution in [-0.4, -0.2) is 12.6 Å². The Bertz CT molecular complexity index is 343. The Morgan fingerprint density at radius 3 is 2.50 bits per heavy atom. The van der Waals surface area contributed by atoms with Crippen molar-refractivity contribution >= 4 is 0 Å². The Morgan fingerprint density at radius 2 is 1.94 bits per heavy atom. The van der Waals surface area contributed by atoms with Crippen LogP contribution in [0.1, 0.15) is 57.6 Å². The van der Waals surface area contributed by atoms with Crippen LogP contribution in [0.5, 0.6) is 5.75 Å². The summed E-state index contributed by atoms with van der Waals surface area (Å²) in [7, 11) is 0. The first-order valence-corrected chi connectivity index (χ1v) is 7.33. The normalized spacial score (nSPS) is 16.6. The fourth-order valence-corrected chi connectivity index (χ4v) is 2.20. The highest BCUT2D eigenvalue weighted by Gasteiger charge is 2.23. The molecule has 0 spiro atoms. The van der Waals surface area contributed by atoms with Gasteiger partial charge in [-0.1, -0.05) is 38.8 Å². The van der Waals surface area contributed by atoms with Gasteiger partial charge in [-0.05, 0) is 43.5 Å². The zero-order valence-corrected chi connectivity index (χ0v) is 11.6. The van der Waals surface area contributed by atoms with Crippen LogP contribution >= 0.6 is 0 Å². The summed E-state index contributed by atoms with van der Waals surface area (Å²) in [4.78, 5) is 0. The van der Waals surface area contributed by atoms with E-state index in [1.54, 1.807) is 0 Å². The van der Waals surface area contributed by atoms with E-state index in [1.165, 1.54) is 37.7 Å². The van der Waals surface area contributed by atoms with E-state index in [2.05, 4.69) is 43.4 Å². The molecule has 0 bridgehead atoms. The third kappa shape index (κ3) is 4.02. The summed E-state index contributed by atoms with van der Waals surface area (Å²) in [6.45, 7) is 5.44. The van der Waals surface area contributed by atoms with Crippen LogP contribution < -0.4 is 10.1 Å². The van der Waals surface area contributed by atoms with Crippen LogP contribution in [0.15, 0.2) is 24.3 Å². The van der Waals surface area contributed by atoms with Crippen molar-refractivity contribution in [2.75, 3.05) is 6.54 Å². The molecule has 1 aromatic carbocycles. The first kappa shape index (κ1) is 13.4. The number of unbranched alkanes of at least 4 members (excludes halogenated alkanes) is 1. The van der Waals surface area contributed by atoms with Crippen LogP contribution in [0.4, 0.5) is 0 Å². The van der Waals surface area contributed by atoms with Crippen LogP contribution in [0.25, 0.3) is 0 Å². The first-order chi connectivity index (χ1) is 8.83. The van der Waals surface area contributed by atoms with E-state index in [4.69, 9.17) is 4.74 Å². The molecule has 1 atom stereocenters. The minimum absolute atomic E-state index is 0.487. The molecule has 0 heterocycles. The summed E-state index contributed by atoms with van der Waals surface area (Å²) >= 11 is 0. The van der Waals surface area contributed by atoms with Crippen molar-refractivity contribution in [3.8, 4) is 5.75 Å². The monoisotopic (exact) mass is 247 g/mol. The summed E-state index contributed by atoms with van der Waals surface area (Å²) in [6.07, 6.45) is 6.67. The predicted octanol–water partition coefficient (Wildman–Crippen LogP) is 4.07. The van der Waals surface area contributed by atoms with Gasteiger partial charge in [0, 0.05) is 6.04 Å².